The van der Waals surface area contributed by atoms with Crippen LogP contribution in [0, 0.1) is 0 Å². The molecule has 0 fully saturated rings. The second-order valence-corrected chi connectivity index (χ2v) is 4.70. The molecule has 0 atom stereocenters. The Bertz CT molecular complexity index is 499. The summed E-state index contributed by atoms with van der Waals surface area (Å²) in [6, 6.07) is 8.68. The third-order valence-electron chi connectivity index (χ3n) is 3.13. The molecule has 0 saturated heterocycles. The third-order valence-corrected chi connectivity index (χ3v) is 3.13. The third kappa shape index (κ3) is 3.26. The molecule has 0 aromatic heterocycles. The smallest absolute Gasteiger partial charge is 0.0103 e. The molecule has 2 rings (SSSR count). The van der Waals surface area contributed by atoms with Crippen molar-refractivity contribution in [3.63, 3.8) is 0 Å². The van der Waals surface area contributed by atoms with E-state index in [0.717, 1.165) is 6.42 Å². The second-order valence-electron chi connectivity index (χ2n) is 4.70. The zero-order valence-corrected chi connectivity index (χ0v) is 13.0. The van der Waals surface area contributed by atoms with Gasteiger partial charge in [0.05, 0.1) is 0 Å². The minimum absolute atomic E-state index is 1.09. The van der Waals surface area contributed by atoms with Crippen LogP contribution in [0.25, 0.3) is 11.1 Å². The fourth-order valence-electron chi connectivity index (χ4n) is 2.49. The minimum Gasteiger partial charge on any atom is -0.0870 e. The molecule has 0 heterocycles. The molecule has 102 valence electrons. The van der Waals surface area contributed by atoms with Crippen LogP contribution in [0.15, 0.2) is 48.1 Å². The van der Waals surface area contributed by atoms with Gasteiger partial charge in [-0.15, -0.1) is 0 Å². The van der Waals surface area contributed by atoms with Gasteiger partial charge in [0.15, 0.2) is 0 Å². The topological polar surface area (TPSA) is 0 Å². The Morgan fingerprint density at radius 3 is 2.00 bits per heavy atom. The van der Waals surface area contributed by atoms with Gasteiger partial charge in [0.2, 0.25) is 0 Å². The largest absolute Gasteiger partial charge is 0.0870 e. The Balaban J connectivity index is 0.000000550. The molecule has 0 bridgehead atoms. The molecular formula is C19H26. The number of fused-ring (bicyclic) bond motifs is 1. The lowest BCUT2D eigenvalue weighted by molar-refractivity contribution is 1.09. The Morgan fingerprint density at radius 2 is 1.53 bits per heavy atom. The summed E-state index contributed by atoms with van der Waals surface area (Å²) in [5, 5.41) is 0. The molecular weight excluding hydrogens is 228 g/mol. The number of benzene rings is 1. The lowest BCUT2D eigenvalue weighted by Gasteiger charge is -2.03. The van der Waals surface area contributed by atoms with Gasteiger partial charge in [-0.1, -0.05) is 69.7 Å². The highest BCUT2D eigenvalue weighted by Gasteiger charge is 2.21. The highest BCUT2D eigenvalue weighted by molar-refractivity contribution is 6.02. The maximum atomic E-state index is 2.23. The lowest BCUT2D eigenvalue weighted by Crippen LogP contribution is -1.82. The highest BCUT2D eigenvalue weighted by Crippen LogP contribution is 2.43. The SMILES string of the molecule is CCC.C\C=C/C1=C(CC)/C(=C/C)c2ccccc21. The van der Waals surface area contributed by atoms with E-state index in [4.69, 9.17) is 0 Å². The van der Waals surface area contributed by atoms with Crippen molar-refractivity contribution < 1.29 is 0 Å². The van der Waals surface area contributed by atoms with E-state index in [0.29, 0.717) is 0 Å². The van der Waals surface area contributed by atoms with Crippen molar-refractivity contribution in [2.75, 3.05) is 0 Å². The molecule has 19 heavy (non-hydrogen) atoms. The molecule has 0 nitrogen and oxygen atoms in total. The van der Waals surface area contributed by atoms with Gasteiger partial charge in [-0.2, -0.15) is 0 Å². The van der Waals surface area contributed by atoms with E-state index in [9.17, 15) is 0 Å². The fraction of sp³-hybridized carbons (Fsp3) is 0.368. The molecule has 0 saturated carbocycles. The summed E-state index contributed by atoms with van der Waals surface area (Å²) >= 11 is 0. The first-order valence-electron chi connectivity index (χ1n) is 7.37. The lowest BCUT2D eigenvalue weighted by atomic mass is 10.0. The quantitative estimate of drug-likeness (QED) is 0.584. The van der Waals surface area contributed by atoms with Crippen LogP contribution < -0.4 is 0 Å². The Labute approximate surface area is 118 Å². The molecule has 0 radical (unpaired) electrons. The van der Waals surface area contributed by atoms with Gasteiger partial charge in [-0.05, 0) is 48.1 Å². The van der Waals surface area contributed by atoms with Crippen molar-refractivity contribution in [2.24, 2.45) is 0 Å². The Kier molecular flexibility index (Phi) is 6.35. The zero-order valence-electron chi connectivity index (χ0n) is 13.0. The summed E-state index contributed by atoms with van der Waals surface area (Å²) in [7, 11) is 0. The van der Waals surface area contributed by atoms with Crippen LogP contribution in [-0.4, -0.2) is 0 Å². The average molecular weight is 254 g/mol. The molecule has 1 aliphatic rings. The standard InChI is InChI=1S/C16H18.C3H8/c1-4-9-14-12(5-2)13(6-3)15-10-7-8-11-16(14)15;1-3-2/h4,6-11H,5H2,1-3H3;3H2,1-2H3/b9-4-,13-6-;. The number of allylic oxidation sites excluding steroid dienone is 6. The monoisotopic (exact) mass is 254 g/mol. The van der Waals surface area contributed by atoms with Gasteiger partial charge in [0, 0.05) is 0 Å². The predicted octanol–water partition coefficient (Wildman–Crippen LogP) is 6.26. The predicted molar refractivity (Wildman–Crippen MR) is 88.1 cm³/mol. The zero-order chi connectivity index (χ0) is 14.3. The van der Waals surface area contributed by atoms with Crippen LogP contribution in [0.3, 0.4) is 0 Å². The van der Waals surface area contributed by atoms with Crippen LogP contribution in [0.5, 0.6) is 0 Å². The summed E-state index contributed by atoms with van der Waals surface area (Å²) < 4.78 is 0. The average Bonchev–Trinajstić information content (AvgIpc) is 2.73. The second kappa shape index (κ2) is 7.78. The van der Waals surface area contributed by atoms with Crippen molar-refractivity contribution in [1.29, 1.82) is 0 Å². The Morgan fingerprint density at radius 1 is 0.947 bits per heavy atom. The van der Waals surface area contributed by atoms with Gasteiger partial charge in [-0.25, -0.2) is 0 Å². The fourth-order valence-corrected chi connectivity index (χ4v) is 2.49. The Hall–Kier alpha value is -1.56. The summed E-state index contributed by atoms with van der Waals surface area (Å²) in [4.78, 5) is 0. The first-order chi connectivity index (χ1) is 9.24. The van der Waals surface area contributed by atoms with E-state index in [2.05, 4.69) is 77.1 Å². The van der Waals surface area contributed by atoms with E-state index in [1.54, 1.807) is 0 Å². The van der Waals surface area contributed by atoms with Gasteiger partial charge >= 0.3 is 0 Å². The van der Waals surface area contributed by atoms with Crippen LogP contribution in [-0.2, 0) is 0 Å². The normalized spacial score (nSPS) is 15.7. The van der Waals surface area contributed by atoms with E-state index < -0.39 is 0 Å². The highest BCUT2D eigenvalue weighted by atomic mass is 14.3. The van der Waals surface area contributed by atoms with E-state index >= 15 is 0 Å². The van der Waals surface area contributed by atoms with Gasteiger partial charge in [0.25, 0.3) is 0 Å². The molecule has 0 aliphatic heterocycles. The molecule has 0 N–H and O–H groups in total. The summed E-state index contributed by atoms with van der Waals surface area (Å²) in [5.74, 6) is 0. The van der Waals surface area contributed by atoms with Gasteiger partial charge < -0.3 is 0 Å². The maximum Gasteiger partial charge on any atom is -0.0103 e. The molecule has 1 aliphatic carbocycles. The van der Waals surface area contributed by atoms with Crippen molar-refractivity contribution in [3.05, 3.63) is 59.2 Å². The molecule has 0 heteroatoms. The first-order valence-corrected chi connectivity index (χ1v) is 7.37. The van der Waals surface area contributed by atoms with Crippen LogP contribution in [0.2, 0.25) is 0 Å². The van der Waals surface area contributed by atoms with Crippen LogP contribution in [0.1, 0.15) is 58.6 Å². The summed E-state index contributed by atoms with van der Waals surface area (Å²) in [6.45, 7) is 10.7. The molecule has 0 amide bonds. The van der Waals surface area contributed by atoms with Crippen LogP contribution in [0.4, 0.5) is 0 Å². The van der Waals surface area contributed by atoms with E-state index in [-0.39, 0.29) is 0 Å². The van der Waals surface area contributed by atoms with Gasteiger partial charge in [0.1, 0.15) is 0 Å². The number of rotatable bonds is 2. The van der Waals surface area contributed by atoms with E-state index in [1.165, 1.54) is 34.3 Å². The van der Waals surface area contributed by atoms with E-state index in [1.807, 2.05) is 0 Å². The van der Waals surface area contributed by atoms with Crippen molar-refractivity contribution in [2.45, 2.75) is 47.5 Å². The number of hydrogen-bond donors (Lipinski definition) is 0. The summed E-state index contributed by atoms with van der Waals surface area (Å²) in [5.41, 5.74) is 7.04. The molecule has 1 aromatic rings. The molecule has 0 spiro atoms. The van der Waals surface area contributed by atoms with Crippen molar-refractivity contribution in [1.82, 2.24) is 0 Å². The minimum atomic E-state index is 1.09. The van der Waals surface area contributed by atoms with Gasteiger partial charge in [-0.3, -0.25) is 0 Å². The molecule has 0 unspecified atom stereocenters. The van der Waals surface area contributed by atoms with Crippen molar-refractivity contribution >= 4 is 11.1 Å². The van der Waals surface area contributed by atoms with Crippen LogP contribution >= 0.6 is 0 Å². The molecule has 1 aromatic carbocycles. The summed E-state index contributed by atoms with van der Waals surface area (Å²) in [6.07, 6.45) is 8.93. The maximum absolute atomic E-state index is 2.23. The number of hydrogen-bond acceptors (Lipinski definition) is 0. The van der Waals surface area contributed by atoms with Crippen molar-refractivity contribution in [3.8, 4) is 0 Å². The first kappa shape index (κ1) is 15.5.